The second-order valence-corrected chi connectivity index (χ2v) is 15.2. The Morgan fingerprint density at radius 3 is 2.06 bits per heavy atom. The Hall–Kier alpha value is -1.92. The molecule has 2 aromatic carbocycles. The normalized spacial score (nSPS) is 14.9. The summed E-state index contributed by atoms with van der Waals surface area (Å²) >= 11 is 0. The lowest BCUT2D eigenvalue weighted by atomic mass is 10.0. The molecule has 0 heterocycles. The van der Waals surface area contributed by atoms with E-state index < -0.39 is 8.32 Å². The molecule has 0 fully saturated rings. The first-order valence-corrected chi connectivity index (χ1v) is 15.2. The van der Waals surface area contributed by atoms with Gasteiger partial charge in [0.15, 0.2) is 8.32 Å². The second-order valence-electron chi connectivity index (χ2n) is 10.5. The van der Waals surface area contributed by atoms with Crippen LogP contribution < -0.4 is 4.74 Å². The summed E-state index contributed by atoms with van der Waals surface area (Å²) in [5.74, 6) is 0.841. The maximum atomic E-state index is 6.78. The van der Waals surface area contributed by atoms with E-state index in [1.807, 2.05) is 48.5 Å². The Bertz CT molecular complexity index is 843. The van der Waals surface area contributed by atoms with Crippen molar-refractivity contribution >= 4 is 8.32 Å². The van der Waals surface area contributed by atoms with Crippen LogP contribution >= 0.6 is 0 Å². The molecule has 0 bridgehead atoms. The molecule has 0 aliphatic heterocycles. The van der Waals surface area contributed by atoms with Crippen molar-refractivity contribution < 1.29 is 18.6 Å². The third kappa shape index (κ3) is 9.03. The summed E-state index contributed by atoms with van der Waals surface area (Å²) in [5, 5.41) is 0.140. The Balaban J connectivity index is 2.13. The highest BCUT2D eigenvalue weighted by molar-refractivity contribution is 6.74. The van der Waals surface area contributed by atoms with E-state index in [2.05, 4.69) is 59.5 Å². The first-order chi connectivity index (χ1) is 16.1. The average Bonchev–Trinajstić information content (AvgIpc) is 2.80. The molecule has 0 aliphatic carbocycles. The molecule has 2 rings (SSSR count). The highest BCUT2D eigenvalue weighted by atomic mass is 28.4. The molecule has 2 aromatic rings. The van der Waals surface area contributed by atoms with Crippen LogP contribution in [0.1, 0.15) is 51.7 Å². The largest absolute Gasteiger partial charge is 0.497 e. The molecule has 0 spiro atoms. The first-order valence-electron chi connectivity index (χ1n) is 12.2. The van der Waals surface area contributed by atoms with Gasteiger partial charge in [0.1, 0.15) is 5.75 Å². The van der Waals surface area contributed by atoms with Crippen molar-refractivity contribution in [3.05, 3.63) is 78.4 Å². The van der Waals surface area contributed by atoms with Crippen molar-refractivity contribution in [2.24, 2.45) is 0 Å². The fourth-order valence-electron chi connectivity index (χ4n) is 3.46. The molecule has 0 saturated carbocycles. The van der Waals surface area contributed by atoms with Crippen LogP contribution in [0.2, 0.25) is 18.1 Å². The van der Waals surface area contributed by atoms with Crippen LogP contribution in [-0.2, 0) is 27.1 Å². The number of rotatable bonds is 14. The molecule has 0 N–H and O–H groups in total. The number of hydrogen-bond donors (Lipinski definition) is 0. The fourth-order valence-corrected chi connectivity index (χ4v) is 4.84. The van der Waals surface area contributed by atoms with Gasteiger partial charge in [-0.15, -0.1) is 6.58 Å². The van der Waals surface area contributed by atoms with Crippen LogP contribution in [0.15, 0.2) is 67.3 Å². The van der Waals surface area contributed by atoms with E-state index >= 15 is 0 Å². The lowest BCUT2D eigenvalue weighted by Crippen LogP contribution is -2.45. The van der Waals surface area contributed by atoms with Crippen molar-refractivity contribution in [3.63, 3.8) is 0 Å². The Morgan fingerprint density at radius 1 is 0.912 bits per heavy atom. The highest BCUT2D eigenvalue weighted by Gasteiger charge is 2.39. The molecule has 4 nitrogen and oxygen atoms in total. The molecule has 0 unspecified atom stereocenters. The molecular formula is C29H44O4Si. The lowest BCUT2D eigenvalue weighted by molar-refractivity contribution is -0.0916. The Kier molecular flexibility index (Phi) is 11.0. The van der Waals surface area contributed by atoms with E-state index in [1.165, 1.54) is 0 Å². The van der Waals surface area contributed by atoms with Gasteiger partial charge >= 0.3 is 0 Å². The third-order valence-corrected chi connectivity index (χ3v) is 11.2. The number of ether oxygens (including phenoxy) is 3. The van der Waals surface area contributed by atoms with Gasteiger partial charge in [0.25, 0.3) is 0 Å². The van der Waals surface area contributed by atoms with Gasteiger partial charge in [-0.25, -0.2) is 0 Å². The molecule has 34 heavy (non-hydrogen) atoms. The van der Waals surface area contributed by atoms with Gasteiger partial charge in [0, 0.05) is 6.42 Å². The SMILES string of the molecule is C=CC[C@@H](C[C@@H](OCc1ccc(OC)cc1)[C@@H](C)OCc1ccccc1)O[Si](C)(C)C(C)(C)C. The molecule has 188 valence electrons. The summed E-state index contributed by atoms with van der Waals surface area (Å²) < 4.78 is 24.8. The van der Waals surface area contributed by atoms with Crippen molar-refractivity contribution in [1.82, 2.24) is 0 Å². The fraction of sp³-hybridized carbons (Fsp3) is 0.517. The zero-order valence-electron chi connectivity index (χ0n) is 22.2. The minimum Gasteiger partial charge on any atom is -0.497 e. The quantitative estimate of drug-likeness (QED) is 0.205. The lowest BCUT2D eigenvalue weighted by Gasteiger charge is -2.40. The molecule has 5 heteroatoms. The summed E-state index contributed by atoms with van der Waals surface area (Å²) in [6, 6.07) is 18.3. The van der Waals surface area contributed by atoms with Gasteiger partial charge in [-0.05, 0) is 54.7 Å². The van der Waals surface area contributed by atoms with Crippen molar-refractivity contribution in [3.8, 4) is 5.75 Å². The van der Waals surface area contributed by atoms with Crippen LogP contribution in [0.25, 0.3) is 0 Å². The van der Waals surface area contributed by atoms with E-state index in [-0.39, 0.29) is 23.4 Å². The number of hydrogen-bond acceptors (Lipinski definition) is 4. The second kappa shape index (κ2) is 13.2. The van der Waals surface area contributed by atoms with Gasteiger partial charge in [-0.1, -0.05) is 69.3 Å². The summed E-state index contributed by atoms with van der Waals surface area (Å²) in [4.78, 5) is 0. The molecule has 0 saturated heterocycles. The molecule has 3 atom stereocenters. The van der Waals surface area contributed by atoms with E-state index in [1.54, 1.807) is 7.11 Å². The smallest absolute Gasteiger partial charge is 0.192 e. The Morgan fingerprint density at radius 2 is 1.50 bits per heavy atom. The molecular weight excluding hydrogens is 440 g/mol. The zero-order chi connectivity index (χ0) is 25.2. The van der Waals surface area contributed by atoms with Gasteiger partial charge in [0.2, 0.25) is 0 Å². The van der Waals surface area contributed by atoms with Crippen LogP contribution in [0.3, 0.4) is 0 Å². The summed E-state index contributed by atoms with van der Waals surface area (Å²) in [7, 11) is -0.257. The minimum atomic E-state index is -1.93. The molecule has 0 aliphatic rings. The van der Waals surface area contributed by atoms with Gasteiger partial charge in [-0.2, -0.15) is 0 Å². The van der Waals surface area contributed by atoms with E-state index in [0.717, 1.165) is 29.7 Å². The monoisotopic (exact) mass is 484 g/mol. The molecule has 0 amide bonds. The van der Waals surface area contributed by atoms with Gasteiger partial charge in [-0.3, -0.25) is 0 Å². The first kappa shape index (κ1) is 28.3. The van der Waals surface area contributed by atoms with Crippen molar-refractivity contribution in [1.29, 1.82) is 0 Å². The third-order valence-electron chi connectivity index (χ3n) is 6.69. The average molecular weight is 485 g/mol. The predicted molar refractivity (Wildman–Crippen MR) is 144 cm³/mol. The van der Waals surface area contributed by atoms with E-state index in [9.17, 15) is 0 Å². The minimum absolute atomic E-state index is 0.0436. The van der Waals surface area contributed by atoms with Gasteiger partial charge in [0.05, 0.1) is 38.6 Å². The molecule has 0 aromatic heterocycles. The van der Waals surface area contributed by atoms with Crippen LogP contribution in [0.4, 0.5) is 0 Å². The van der Waals surface area contributed by atoms with Crippen LogP contribution in [0.5, 0.6) is 5.75 Å². The van der Waals surface area contributed by atoms with Gasteiger partial charge < -0.3 is 18.6 Å². The van der Waals surface area contributed by atoms with Crippen molar-refractivity contribution in [2.75, 3.05) is 7.11 Å². The summed E-state index contributed by atoms with van der Waals surface area (Å²) in [6.07, 6.45) is 3.34. The van der Waals surface area contributed by atoms with Crippen LogP contribution in [-0.4, -0.2) is 33.7 Å². The Labute approximate surface area is 208 Å². The topological polar surface area (TPSA) is 36.9 Å². The van der Waals surface area contributed by atoms with E-state index in [0.29, 0.717) is 13.2 Å². The number of benzene rings is 2. The van der Waals surface area contributed by atoms with Crippen LogP contribution in [0, 0.1) is 0 Å². The standard InChI is InChI=1S/C29H44O4Si/c1-9-13-27(33-34(7,8)29(3,4)5)20-28(23(2)31-21-24-14-11-10-12-15-24)32-22-25-16-18-26(30-6)19-17-25/h9-12,14-19,23,27-28H,1,13,20-22H2,2-8H3/t23-,27+,28-/m1/s1. The highest BCUT2D eigenvalue weighted by Crippen LogP contribution is 2.38. The molecule has 0 radical (unpaired) electrons. The maximum absolute atomic E-state index is 6.78. The van der Waals surface area contributed by atoms with E-state index in [4.69, 9.17) is 18.6 Å². The predicted octanol–water partition coefficient (Wildman–Crippen LogP) is 7.54. The maximum Gasteiger partial charge on any atom is 0.192 e. The summed E-state index contributed by atoms with van der Waals surface area (Å²) in [6.45, 7) is 18.6. The summed E-state index contributed by atoms with van der Waals surface area (Å²) in [5.41, 5.74) is 2.26. The van der Waals surface area contributed by atoms with Crippen molar-refractivity contribution in [2.45, 2.75) is 90.2 Å². The number of methoxy groups -OCH3 is 1. The zero-order valence-corrected chi connectivity index (χ0v) is 23.2.